The number of thioether (sulfide) groups is 1. The molecule has 0 amide bonds. The molecule has 0 fully saturated rings. The summed E-state index contributed by atoms with van der Waals surface area (Å²) in [7, 11) is 0. The molecule has 0 aliphatic rings. The molecule has 27 heavy (non-hydrogen) atoms. The van der Waals surface area contributed by atoms with Crippen LogP contribution in [0.1, 0.15) is 22.5 Å². The molecule has 0 spiro atoms. The highest BCUT2D eigenvalue weighted by Gasteiger charge is 2.11. The average Bonchev–Trinajstić information content (AvgIpc) is 3.11. The van der Waals surface area contributed by atoms with Crippen LogP contribution in [0.2, 0.25) is 0 Å². The van der Waals surface area contributed by atoms with E-state index in [1.165, 1.54) is 22.9 Å². The molecule has 3 heterocycles. The van der Waals surface area contributed by atoms with Gasteiger partial charge in [0.05, 0.1) is 11.4 Å². The monoisotopic (exact) mass is 378 g/mol. The molecule has 0 saturated heterocycles. The molecular weight excluding hydrogens is 360 g/mol. The highest BCUT2D eigenvalue weighted by Crippen LogP contribution is 2.22. The minimum Gasteiger partial charge on any atom is -0.269 e. The molecule has 0 atom stereocenters. The molecule has 136 valence electrons. The predicted molar refractivity (Wildman–Crippen MR) is 104 cm³/mol. The Morgan fingerprint density at radius 2 is 1.89 bits per heavy atom. The number of aromatic nitrogens is 6. The summed E-state index contributed by atoms with van der Waals surface area (Å²) in [5.74, 6) is 0.505. The van der Waals surface area contributed by atoms with Gasteiger partial charge in [0.15, 0.2) is 0 Å². The van der Waals surface area contributed by atoms with Gasteiger partial charge in [-0.3, -0.25) is 9.20 Å². The van der Waals surface area contributed by atoms with Crippen LogP contribution in [0.5, 0.6) is 0 Å². The standard InChI is InChI=1S/C19H18N6OS/c1-12-7-8-16(9-13(12)2)25-19(21-22-23-25)27-11-15-10-18(26)24-14(3)5-4-6-17(24)20-15/h4-10H,11H2,1-3H3. The molecule has 0 aliphatic heterocycles. The minimum absolute atomic E-state index is 0.0811. The second kappa shape index (κ2) is 6.96. The Balaban J connectivity index is 1.62. The third-order valence-corrected chi connectivity index (χ3v) is 5.41. The van der Waals surface area contributed by atoms with Gasteiger partial charge < -0.3 is 0 Å². The van der Waals surface area contributed by atoms with E-state index >= 15 is 0 Å². The van der Waals surface area contributed by atoms with Crippen molar-refractivity contribution in [1.29, 1.82) is 0 Å². The van der Waals surface area contributed by atoms with Crippen molar-refractivity contribution >= 4 is 17.4 Å². The Hall–Kier alpha value is -3.00. The number of tetrazole rings is 1. The maximum Gasteiger partial charge on any atom is 0.258 e. The fraction of sp³-hybridized carbons (Fsp3) is 0.211. The summed E-state index contributed by atoms with van der Waals surface area (Å²) in [6.45, 7) is 6.02. The van der Waals surface area contributed by atoms with Crippen molar-refractivity contribution in [1.82, 2.24) is 29.6 Å². The highest BCUT2D eigenvalue weighted by atomic mass is 32.2. The van der Waals surface area contributed by atoms with E-state index in [9.17, 15) is 4.79 Å². The summed E-state index contributed by atoms with van der Waals surface area (Å²) in [6, 6.07) is 13.3. The summed E-state index contributed by atoms with van der Waals surface area (Å²) < 4.78 is 3.31. The predicted octanol–water partition coefficient (Wildman–Crippen LogP) is 2.89. The van der Waals surface area contributed by atoms with Gasteiger partial charge in [-0.05, 0) is 66.6 Å². The Bertz CT molecular complexity index is 1200. The summed E-state index contributed by atoms with van der Waals surface area (Å²) in [5, 5.41) is 12.7. The van der Waals surface area contributed by atoms with Gasteiger partial charge in [-0.1, -0.05) is 23.9 Å². The maximum absolute atomic E-state index is 12.4. The molecule has 0 N–H and O–H groups in total. The van der Waals surface area contributed by atoms with Crippen LogP contribution < -0.4 is 5.56 Å². The summed E-state index contributed by atoms with van der Waals surface area (Å²) in [6.07, 6.45) is 0. The lowest BCUT2D eigenvalue weighted by Crippen LogP contribution is -2.17. The second-order valence-electron chi connectivity index (χ2n) is 6.38. The fourth-order valence-electron chi connectivity index (χ4n) is 2.86. The van der Waals surface area contributed by atoms with Crippen molar-refractivity contribution in [2.45, 2.75) is 31.7 Å². The highest BCUT2D eigenvalue weighted by molar-refractivity contribution is 7.98. The van der Waals surface area contributed by atoms with Crippen LogP contribution in [0, 0.1) is 20.8 Å². The number of pyridine rings is 1. The Labute approximate surface area is 160 Å². The van der Waals surface area contributed by atoms with Crippen molar-refractivity contribution in [2.24, 2.45) is 0 Å². The van der Waals surface area contributed by atoms with Gasteiger partial charge in [-0.2, -0.15) is 4.68 Å². The first-order valence-corrected chi connectivity index (χ1v) is 9.48. The summed E-state index contributed by atoms with van der Waals surface area (Å²) in [5.41, 5.74) is 5.44. The van der Waals surface area contributed by atoms with Gasteiger partial charge in [0.2, 0.25) is 5.16 Å². The number of hydrogen-bond acceptors (Lipinski definition) is 6. The molecule has 4 aromatic rings. The molecule has 4 rings (SSSR count). The molecule has 0 aliphatic carbocycles. The summed E-state index contributed by atoms with van der Waals surface area (Å²) >= 11 is 1.45. The van der Waals surface area contributed by atoms with Crippen molar-refractivity contribution < 1.29 is 0 Å². The smallest absolute Gasteiger partial charge is 0.258 e. The van der Waals surface area contributed by atoms with Gasteiger partial charge in [0.1, 0.15) is 5.65 Å². The molecule has 3 aromatic heterocycles. The number of aryl methyl sites for hydroxylation is 3. The van der Waals surface area contributed by atoms with Gasteiger partial charge in [0, 0.05) is 17.5 Å². The lowest BCUT2D eigenvalue weighted by molar-refractivity contribution is 0.755. The Kier molecular flexibility index (Phi) is 4.49. The van der Waals surface area contributed by atoms with Crippen molar-refractivity contribution in [2.75, 3.05) is 0 Å². The SMILES string of the molecule is Cc1ccc(-n2nnnc2SCc2cc(=O)n3c(C)cccc3n2)cc1C. The van der Waals surface area contributed by atoms with E-state index in [0.717, 1.165) is 11.4 Å². The van der Waals surface area contributed by atoms with E-state index in [4.69, 9.17) is 0 Å². The largest absolute Gasteiger partial charge is 0.269 e. The van der Waals surface area contributed by atoms with E-state index in [-0.39, 0.29) is 5.56 Å². The molecule has 8 heteroatoms. The Morgan fingerprint density at radius 3 is 2.70 bits per heavy atom. The zero-order valence-corrected chi connectivity index (χ0v) is 16.1. The molecule has 7 nitrogen and oxygen atoms in total. The van der Waals surface area contributed by atoms with Crippen LogP contribution in [-0.4, -0.2) is 29.6 Å². The van der Waals surface area contributed by atoms with E-state index in [0.29, 0.717) is 22.3 Å². The third kappa shape index (κ3) is 3.35. The molecule has 1 aromatic carbocycles. The average molecular weight is 378 g/mol. The topological polar surface area (TPSA) is 78.0 Å². The molecule has 0 unspecified atom stereocenters. The van der Waals surface area contributed by atoms with Crippen LogP contribution in [0.25, 0.3) is 11.3 Å². The number of benzene rings is 1. The number of nitrogens with zero attached hydrogens (tertiary/aromatic N) is 6. The van der Waals surface area contributed by atoms with E-state index in [1.807, 2.05) is 31.2 Å². The Morgan fingerprint density at radius 1 is 1.04 bits per heavy atom. The third-order valence-electron chi connectivity index (χ3n) is 4.46. The van der Waals surface area contributed by atoms with Gasteiger partial charge in [-0.15, -0.1) is 5.10 Å². The molecule has 0 saturated carbocycles. The summed E-state index contributed by atoms with van der Waals surface area (Å²) in [4.78, 5) is 17.0. The number of fused-ring (bicyclic) bond motifs is 1. The van der Waals surface area contributed by atoms with E-state index in [2.05, 4.69) is 46.5 Å². The zero-order valence-electron chi connectivity index (χ0n) is 15.2. The van der Waals surface area contributed by atoms with Crippen LogP contribution in [0.15, 0.2) is 52.4 Å². The number of rotatable bonds is 4. The van der Waals surface area contributed by atoms with Crippen molar-refractivity contribution in [3.63, 3.8) is 0 Å². The van der Waals surface area contributed by atoms with Crippen LogP contribution in [0.3, 0.4) is 0 Å². The van der Waals surface area contributed by atoms with E-state index < -0.39 is 0 Å². The first-order chi connectivity index (χ1) is 13.0. The quantitative estimate of drug-likeness (QED) is 0.508. The molecule has 0 radical (unpaired) electrons. The van der Waals surface area contributed by atoms with E-state index in [1.54, 1.807) is 15.1 Å². The van der Waals surface area contributed by atoms with Crippen molar-refractivity contribution in [3.05, 3.63) is 75.3 Å². The van der Waals surface area contributed by atoms with Gasteiger partial charge >= 0.3 is 0 Å². The lowest BCUT2D eigenvalue weighted by atomic mass is 10.1. The normalized spacial score (nSPS) is 11.2. The molecular formula is C19H18N6OS. The molecule has 0 bridgehead atoms. The number of hydrogen-bond donors (Lipinski definition) is 0. The van der Waals surface area contributed by atoms with Crippen LogP contribution in [-0.2, 0) is 5.75 Å². The minimum atomic E-state index is -0.0811. The second-order valence-corrected chi connectivity index (χ2v) is 7.32. The maximum atomic E-state index is 12.4. The lowest BCUT2D eigenvalue weighted by Gasteiger charge is -2.08. The van der Waals surface area contributed by atoms with Gasteiger partial charge in [-0.25, -0.2) is 4.98 Å². The van der Waals surface area contributed by atoms with Crippen molar-refractivity contribution in [3.8, 4) is 5.69 Å². The zero-order chi connectivity index (χ0) is 19.0. The van der Waals surface area contributed by atoms with Crippen LogP contribution >= 0.6 is 11.8 Å². The fourth-order valence-corrected chi connectivity index (χ4v) is 3.65. The first kappa shape index (κ1) is 17.4. The van der Waals surface area contributed by atoms with Crippen LogP contribution in [0.4, 0.5) is 0 Å². The first-order valence-electron chi connectivity index (χ1n) is 8.50. The van der Waals surface area contributed by atoms with Gasteiger partial charge in [0.25, 0.3) is 5.56 Å².